The number of furan rings is 1. The molecule has 2 aliphatic rings. The summed E-state index contributed by atoms with van der Waals surface area (Å²) in [5, 5.41) is 1.08. The number of benzene rings is 12. The van der Waals surface area contributed by atoms with Crippen molar-refractivity contribution in [3.8, 4) is 33.6 Å². The van der Waals surface area contributed by atoms with Crippen LogP contribution in [0, 0.1) is 13.8 Å². The van der Waals surface area contributed by atoms with E-state index < -0.39 is 0 Å². The molecule has 0 saturated carbocycles. The van der Waals surface area contributed by atoms with Crippen LogP contribution in [0.25, 0.3) is 44.5 Å². The molecule has 1 aromatic heterocycles. The molecule has 0 fully saturated rings. The lowest BCUT2D eigenvalue weighted by Crippen LogP contribution is -2.61. The molecule has 2 aliphatic heterocycles. The first-order valence-corrected chi connectivity index (χ1v) is 33.2. The summed E-state index contributed by atoms with van der Waals surface area (Å²) in [5.74, 6) is 0.833. The zero-order valence-corrected chi connectivity index (χ0v) is 55.8. The highest BCUT2D eigenvalue weighted by molar-refractivity contribution is 7.00. The molecule has 0 amide bonds. The van der Waals surface area contributed by atoms with Gasteiger partial charge in [0.05, 0.1) is 11.4 Å². The van der Waals surface area contributed by atoms with E-state index in [2.05, 4.69) is 363 Å². The van der Waals surface area contributed by atoms with Crippen LogP contribution in [0.15, 0.2) is 283 Å². The Morgan fingerprint density at radius 1 is 0.319 bits per heavy atom. The van der Waals surface area contributed by atoms with Crippen LogP contribution in [0.1, 0.15) is 90.1 Å². The van der Waals surface area contributed by atoms with E-state index in [1.165, 1.54) is 49.9 Å². The molecule has 5 nitrogen and oxygen atoms in total. The second-order valence-electron chi connectivity index (χ2n) is 28.8. The summed E-state index contributed by atoms with van der Waals surface area (Å²) < 4.78 is 6.57. The third-order valence-corrected chi connectivity index (χ3v) is 19.3. The van der Waals surface area contributed by atoms with Gasteiger partial charge in [0.2, 0.25) is 0 Å². The van der Waals surface area contributed by atoms with Gasteiger partial charge in [0, 0.05) is 67.8 Å². The average Bonchev–Trinajstić information content (AvgIpc) is 0.697. The van der Waals surface area contributed by atoms with Crippen molar-refractivity contribution < 1.29 is 4.42 Å². The summed E-state index contributed by atoms with van der Waals surface area (Å²) in [5.41, 5.74) is 29.4. The number of nitrogens with zero attached hydrogens (tertiary/aromatic N) is 4. The van der Waals surface area contributed by atoms with E-state index in [0.717, 1.165) is 107 Å². The molecule has 94 heavy (non-hydrogen) atoms. The standard InChI is InChI=1S/C88H79BN4O/c1-58-25-23-26-59(2)85(58)93-79-48-46-73(91(69-33-19-14-20-34-69)72-35-24-32-62(50-72)83-53-63-31-21-22-36-82(63)94-83)55-77(79)89-76-54-68(88(9,10)11)41-47-78(76)92(74-51-64(60-27-15-12-16-28-60)49-65(52-74)61-29-17-13-18-30-61)80-56-75(57-81(93)84(80)89)90(70-42-37-66(38-43-70)86(3,4)5)71-44-39-67(40-45-71)87(6,7)8/h12-57H,1-11H3. The van der Waals surface area contributed by atoms with Gasteiger partial charge in [-0.3, -0.25) is 0 Å². The number of hydrogen-bond acceptors (Lipinski definition) is 5. The molecule has 0 saturated heterocycles. The first-order chi connectivity index (χ1) is 45.3. The van der Waals surface area contributed by atoms with Gasteiger partial charge in [-0.15, -0.1) is 0 Å². The predicted octanol–water partition coefficient (Wildman–Crippen LogP) is 23.0. The van der Waals surface area contributed by atoms with Crippen LogP contribution >= 0.6 is 0 Å². The fourth-order valence-corrected chi connectivity index (χ4v) is 14.3. The minimum absolute atomic E-state index is 0.0346. The molecule has 15 rings (SSSR count). The van der Waals surface area contributed by atoms with E-state index >= 15 is 0 Å². The van der Waals surface area contributed by atoms with Crippen LogP contribution in [0.5, 0.6) is 0 Å². The zero-order valence-electron chi connectivity index (χ0n) is 55.8. The monoisotopic (exact) mass is 1220 g/mol. The maximum Gasteiger partial charge on any atom is 0.252 e. The Kier molecular flexibility index (Phi) is 14.8. The minimum Gasteiger partial charge on any atom is -0.456 e. The molecule has 460 valence electrons. The molecule has 0 spiro atoms. The van der Waals surface area contributed by atoms with Crippen molar-refractivity contribution in [2.75, 3.05) is 19.6 Å². The van der Waals surface area contributed by atoms with Crippen molar-refractivity contribution in [1.29, 1.82) is 0 Å². The number of aryl methyl sites for hydroxylation is 2. The van der Waals surface area contributed by atoms with Crippen LogP contribution in [0.4, 0.5) is 68.2 Å². The van der Waals surface area contributed by atoms with Gasteiger partial charge in [-0.25, -0.2) is 0 Å². The Hall–Kier alpha value is -10.6. The highest BCUT2D eigenvalue weighted by Gasteiger charge is 2.45. The topological polar surface area (TPSA) is 26.1 Å². The Morgan fingerprint density at radius 3 is 1.35 bits per heavy atom. The molecule has 3 heterocycles. The lowest BCUT2D eigenvalue weighted by molar-refractivity contribution is 0.590. The first-order valence-electron chi connectivity index (χ1n) is 33.2. The van der Waals surface area contributed by atoms with Crippen LogP contribution in [-0.2, 0) is 16.2 Å². The Morgan fingerprint density at radius 2 is 0.766 bits per heavy atom. The largest absolute Gasteiger partial charge is 0.456 e. The fraction of sp³-hybridized carbons (Fsp3) is 0.159. The van der Waals surface area contributed by atoms with Crippen LogP contribution in [0.3, 0.4) is 0 Å². The molecule has 0 radical (unpaired) electrons. The van der Waals surface area contributed by atoms with Gasteiger partial charge < -0.3 is 24.0 Å². The Bertz CT molecular complexity index is 4820. The summed E-state index contributed by atoms with van der Waals surface area (Å²) in [4.78, 5) is 10.1. The SMILES string of the molecule is Cc1cccc(C)c1N1c2ccc(N(c3ccccc3)c3cccc(-c4cc5ccccc5o4)c3)cc2B2c3cc(C(C)(C)C)ccc3N(c3cc(-c4ccccc4)cc(-c4ccccc4)c3)c3cc(N(c4ccc(C(C)(C)C)cc4)c4ccc(C(C)(C)C)cc4)cc1c32. The Balaban J connectivity index is 1.05. The quantitative estimate of drug-likeness (QED) is 0.120. The smallest absolute Gasteiger partial charge is 0.252 e. The number of hydrogen-bond donors (Lipinski definition) is 0. The highest BCUT2D eigenvalue weighted by Crippen LogP contribution is 2.52. The van der Waals surface area contributed by atoms with Gasteiger partial charge in [-0.1, -0.05) is 226 Å². The normalized spacial score (nSPS) is 12.8. The molecule has 0 atom stereocenters. The van der Waals surface area contributed by atoms with Crippen molar-refractivity contribution in [1.82, 2.24) is 0 Å². The molecule has 12 aromatic carbocycles. The van der Waals surface area contributed by atoms with Gasteiger partial charge in [0.1, 0.15) is 11.3 Å². The van der Waals surface area contributed by atoms with E-state index in [0.29, 0.717) is 0 Å². The van der Waals surface area contributed by atoms with Gasteiger partial charge in [0.15, 0.2) is 0 Å². The molecular weight excluding hydrogens is 1140 g/mol. The molecule has 13 aromatic rings. The van der Waals surface area contributed by atoms with Crippen molar-refractivity contribution in [3.63, 3.8) is 0 Å². The van der Waals surface area contributed by atoms with E-state index in [9.17, 15) is 0 Å². The summed E-state index contributed by atoms with van der Waals surface area (Å²) in [7, 11) is 0. The van der Waals surface area contributed by atoms with Gasteiger partial charge in [-0.2, -0.15) is 0 Å². The van der Waals surface area contributed by atoms with Crippen LogP contribution in [-0.4, -0.2) is 6.71 Å². The van der Waals surface area contributed by atoms with Gasteiger partial charge >= 0.3 is 0 Å². The van der Waals surface area contributed by atoms with Crippen molar-refractivity contribution in [2.24, 2.45) is 0 Å². The van der Waals surface area contributed by atoms with E-state index in [4.69, 9.17) is 4.42 Å². The summed E-state index contributed by atoms with van der Waals surface area (Å²) >= 11 is 0. The number of rotatable bonds is 11. The van der Waals surface area contributed by atoms with E-state index in [-0.39, 0.29) is 23.0 Å². The van der Waals surface area contributed by atoms with Crippen molar-refractivity contribution >= 4 is 102 Å². The predicted molar refractivity (Wildman–Crippen MR) is 401 cm³/mol. The highest BCUT2D eigenvalue weighted by atomic mass is 16.3. The second kappa shape index (κ2) is 23.2. The number of para-hydroxylation sites is 3. The average molecular weight is 1220 g/mol. The Labute approximate surface area is 555 Å². The molecular formula is C88H79BN4O. The molecule has 0 aliphatic carbocycles. The summed E-state index contributed by atoms with van der Waals surface area (Å²) in [6, 6.07) is 104. The first kappa shape index (κ1) is 59.7. The zero-order chi connectivity index (χ0) is 64.8. The maximum absolute atomic E-state index is 6.57. The number of anilines is 12. The van der Waals surface area contributed by atoms with E-state index in [1.54, 1.807) is 0 Å². The van der Waals surface area contributed by atoms with Crippen molar-refractivity contribution in [2.45, 2.75) is 92.4 Å². The van der Waals surface area contributed by atoms with E-state index in [1.807, 2.05) is 12.1 Å². The third-order valence-electron chi connectivity index (χ3n) is 19.3. The summed E-state index contributed by atoms with van der Waals surface area (Å²) in [6.45, 7) is 25.2. The molecule has 0 N–H and O–H groups in total. The van der Waals surface area contributed by atoms with Crippen molar-refractivity contribution in [3.05, 3.63) is 307 Å². The van der Waals surface area contributed by atoms with Crippen LogP contribution in [0.2, 0.25) is 0 Å². The lowest BCUT2D eigenvalue weighted by atomic mass is 9.33. The van der Waals surface area contributed by atoms with Gasteiger partial charge in [0.25, 0.3) is 6.71 Å². The van der Waals surface area contributed by atoms with Crippen LogP contribution < -0.4 is 36.0 Å². The second-order valence-corrected chi connectivity index (χ2v) is 28.8. The third kappa shape index (κ3) is 10.8. The summed E-state index contributed by atoms with van der Waals surface area (Å²) in [6.07, 6.45) is 0. The molecule has 6 heteroatoms. The lowest BCUT2D eigenvalue weighted by Gasteiger charge is -2.46. The maximum atomic E-state index is 6.57. The molecule has 0 bridgehead atoms. The fourth-order valence-electron chi connectivity index (χ4n) is 14.3. The molecule has 0 unspecified atom stereocenters. The minimum atomic E-state index is -0.223. The number of fused-ring (bicyclic) bond motifs is 5. The van der Waals surface area contributed by atoms with Gasteiger partial charge in [-0.05, 0) is 212 Å².